The molecule has 122 valence electrons. The molecule has 2 heterocycles. The molecule has 2 aliphatic rings. The van der Waals surface area contributed by atoms with Gasteiger partial charge in [0.1, 0.15) is 23.4 Å². The van der Waals surface area contributed by atoms with E-state index >= 15 is 0 Å². The smallest absolute Gasteiger partial charge is 0.158 e. The standard InChI is InChI=1S/C17H18O6/c1-7-12-14(17-10(22-7)6-11(18)23-17)15(19)8-4-3-5-9(21-2)13(8)16(12)20/h3-5,7,10-11,17-20H,6H2,1-2H3/t7-,10-,11?,17+/m0/s1. The zero-order valence-electron chi connectivity index (χ0n) is 12.8. The minimum absolute atomic E-state index is 0.0150. The van der Waals surface area contributed by atoms with Gasteiger partial charge in [0.15, 0.2) is 6.29 Å². The largest absolute Gasteiger partial charge is 0.507 e. The molecule has 1 fully saturated rings. The molecule has 6 nitrogen and oxygen atoms in total. The molecular formula is C17H18O6. The zero-order valence-corrected chi connectivity index (χ0v) is 12.8. The number of aliphatic hydroxyl groups is 1. The summed E-state index contributed by atoms with van der Waals surface area (Å²) in [4.78, 5) is 0. The Bertz CT molecular complexity index is 786. The normalized spacial score (nSPS) is 29.3. The van der Waals surface area contributed by atoms with Crippen molar-refractivity contribution in [3.05, 3.63) is 29.3 Å². The summed E-state index contributed by atoms with van der Waals surface area (Å²) in [7, 11) is 1.51. The van der Waals surface area contributed by atoms with Crippen LogP contribution in [0.2, 0.25) is 0 Å². The highest BCUT2D eigenvalue weighted by atomic mass is 16.6. The molecule has 0 spiro atoms. The van der Waals surface area contributed by atoms with Crippen LogP contribution in [0.5, 0.6) is 17.2 Å². The third-order valence-electron chi connectivity index (χ3n) is 4.68. The van der Waals surface area contributed by atoms with Gasteiger partial charge in [-0.1, -0.05) is 12.1 Å². The van der Waals surface area contributed by atoms with E-state index in [1.807, 2.05) is 0 Å². The monoisotopic (exact) mass is 318 g/mol. The van der Waals surface area contributed by atoms with Crippen LogP contribution in [0.25, 0.3) is 10.8 Å². The Kier molecular flexibility index (Phi) is 3.16. The lowest BCUT2D eigenvalue weighted by Gasteiger charge is -2.33. The molecule has 4 atom stereocenters. The summed E-state index contributed by atoms with van der Waals surface area (Å²) < 4.78 is 16.7. The number of phenols is 2. The van der Waals surface area contributed by atoms with Crippen LogP contribution in [-0.2, 0) is 9.47 Å². The van der Waals surface area contributed by atoms with Crippen LogP contribution < -0.4 is 4.74 Å². The molecule has 2 aromatic rings. The van der Waals surface area contributed by atoms with Gasteiger partial charge in [-0.3, -0.25) is 0 Å². The predicted octanol–water partition coefficient (Wildman–Crippen LogP) is 2.50. The van der Waals surface area contributed by atoms with Crippen LogP contribution in [0.4, 0.5) is 0 Å². The van der Waals surface area contributed by atoms with Crippen molar-refractivity contribution in [2.75, 3.05) is 7.11 Å². The lowest BCUT2D eigenvalue weighted by molar-refractivity contribution is -0.113. The van der Waals surface area contributed by atoms with E-state index in [1.165, 1.54) is 7.11 Å². The molecular weight excluding hydrogens is 300 g/mol. The van der Waals surface area contributed by atoms with Crippen LogP contribution in [0, 0.1) is 0 Å². The molecule has 23 heavy (non-hydrogen) atoms. The topological polar surface area (TPSA) is 88.4 Å². The number of rotatable bonds is 1. The van der Waals surface area contributed by atoms with E-state index in [4.69, 9.17) is 14.2 Å². The maximum absolute atomic E-state index is 10.8. The van der Waals surface area contributed by atoms with Gasteiger partial charge in [0.05, 0.1) is 24.7 Å². The van der Waals surface area contributed by atoms with Crippen molar-refractivity contribution in [2.24, 2.45) is 0 Å². The molecule has 1 unspecified atom stereocenters. The van der Waals surface area contributed by atoms with Gasteiger partial charge in [-0.15, -0.1) is 0 Å². The van der Waals surface area contributed by atoms with Crippen LogP contribution >= 0.6 is 0 Å². The zero-order chi connectivity index (χ0) is 16.3. The third kappa shape index (κ3) is 1.92. The molecule has 3 N–H and O–H groups in total. The fraction of sp³-hybridized carbons (Fsp3) is 0.412. The molecule has 2 aromatic carbocycles. The van der Waals surface area contributed by atoms with Crippen LogP contribution in [0.3, 0.4) is 0 Å². The number of aromatic hydroxyl groups is 2. The van der Waals surface area contributed by atoms with Gasteiger partial charge in [-0.25, -0.2) is 0 Å². The van der Waals surface area contributed by atoms with Crippen LogP contribution in [-0.4, -0.2) is 34.8 Å². The van der Waals surface area contributed by atoms with Crippen molar-refractivity contribution in [3.63, 3.8) is 0 Å². The SMILES string of the molecule is COc1cccc2c(O)c3c(c(O)c12)[C@H](C)O[C@H]1CC(O)O[C@@H]31. The van der Waals surface area contributed by atoms with Gasteiger partial charge < -0.3 is 29.5 Å². The highest BCUT2D eigenvalue weighted by Crippen LogP contribution is 2.55. The maximum Gasteiger partial charge on any atom is 0.158 e. The number of hydrogen-bond acceptors (Lipinski definition) is 6. The van der Waals surface area contributed by atoms with Crippen LogP contribution in [0.1, 0.15) is 36.7 Å². The van der Waals surface area contributed by atoms with Gasteiger partial charge in [0.2, 0.25) is 0 Å². The Morgan fingerprint density at radius 2 is 1.91 bits per heavy atom. The molecule has 1 saturated heterocycles. The van der Waals surface area contributed by atoms with Gasteiger partial charge in [0.25, 0.3) is 0 Å². The molecule has 4 rings (SSSR count). The van der Waals surface area contributed by atoms with Crippen molar-refractivity contribution in [3.8, 4) is 17.2 Å². The van der Waals surface area contributed by atoms with Gasteiger partial charge >= 0.3 is 0 Å². The Balaban J connectivity index is 2.06. The average Bonchev–Trinajstić information content (AvgIpc) is 2.90. The first-order chi connectivity index (χ1) is 11.0. The van der Waals surface area contributed by atoms with Gasteiger partial charge in [-0.05, 0) is 13.0 Å². The first-order valence-electron chi connectivity index (χ1n) is 7.56. The highest BCUT2D eigenvalue weighted by Gasteiger charge is 2.45. The van der Waals surface area contributed by atoms with Crippen molar-refractivity contribution in [2.45, 2.75) is 37.9 Å². The van der Waals surface area contributed by atoms with E-state index in [2.05, 4.69) is 0 Å². The van der Waals surface area contributed by atoms with E-state index in [0.29, 0.717) is 34.1 Å². The second-order valence-corrected chi connectivity index (χ2v) is 5.97. The summed E-state index contributed by atoms with van der Waals surface area (Å²) in [6.45, 7) is 1.81. The lowest BCUT2D eigenvalue weighted by atomic mass is 9.87. The van der Waals surface area contributed by atoms with E-state index in [1.54, 1.807) is 25.1 Å². The van der Waals surface area contributed by atoms with E-state index in [0.717, 1.165) is 0 Å². The Labute approximate surface area is 132 Å². The fourth-order valence-corrected chi connectivity index (χ4v) is 3.72. The Hall–Kier alpha value is -2.02. The fourth-order valence-electron chi connectivity index (χ4n) is 3.72. The van der Waals surface area contributed by atoms with Crippen molar-refractivity contribution in [1.29, 1.82) is 0 Å². The predicted molar refractivity (Wildman–Crippen MR) is 81.6 cm³/mol. The van der Waals surface area contributed by atoms with E-state index in [9.17, 15) is 15.3 Å². The summed E-state index contributed by atoms with van der Waals surface area (Å²) >= 11 is 0. The first-order valence-corrected chi connectivity index (χ1v) is 7.56. The van der Waals surface area contributed by atoms with Gasteiger partial charge in [0, 0.05) is 22.9 Å². The molecule has 0 radical (unpaired) electrons. The van der Waals surface area contributed by atoms with E-state index in [-0.39, 0.29) is 17.6 Å². The number of ether oxygens (including phenoxy) is 3. The summed E-state index contributed by atoms with van der Waals surface area (Å²) in [6, 6.07) is 5.19. The number of phenolic OH excluding ortho intramolecular Hbond substituents is 2. The molecule has 0 aliphatic carbocycles. The molecule has 2 aliphatic heterocycles. The molecule has 0 saturated carbocycles. The number of fused-ring (bicyclic) bond motifs is 4. The number of aliphatic hydroxyl groups excluding tert-OH is 1. The van der Waals surface area contributed by atoms with Crippen molar-refractivity contribution in [1.82, 2.24) is 0 Å². The Morgan fingerprint density at radius 1 is 1.13 bits per heavy atom. The molecule has 0 aromatic heterocycles. The number of methoxy groups -OCH3 is 1. The quantitative estimate of drug-likeness (QED) is 0.700. The molecule has 0 bridgehead atoms. The second-order valence-electron chi connectivity index (χ2n) is 5.97. The summed E-state index contributed by atoms with van der Waals surface area (Å²) in [5.41, 5.74) is 0.971. The number of benzene rings is 2. The lowest BCUT2D eigenvalue weighted by Crippen LogP contribution is -2.26. The summed E-state index contributed by atoms with van der Waals surface area (Å²) in [5, 5.41) is 32.3. The van der Waals surface area contributed by atoms with Crippen molar-refractivity contribution < 1.29 is 29.5 Å². The highest BCUT2D eigenvalue weighted by molar-refractivity contribution is 6.00. The van der Waals surface area contributed by atoms with Crippen LogP contribution in [0.15, 0.2) is 18.2 Å². The third-order valence-corrected chi connectivity index (χ3v) is 4.68. The van der Waals surface area contributed by atoms with E-state index < -0.39 is 18.5 Å². The first kappa shape index (κ1) is 14.6. The summed E-state index contributed by atoms with van der Waals surface area (Å²) in [6.07, 6.45) is -1.98. The minimum atomic E-state index is -0.939. The molecule has 6 heteroatoms. The van der Waals surface area contributed by atoms with Crippen molar-refractivity contribution >= 4 is 10.8 Å². The second kappa shape index (κ2) is 4.99. The molecule has 0 amide bonds. The summed E-state index contributed by atoms with van der Waals surface area (Å²) in [5.74, 6) is 0.520. The Morgan fingerprint density at radius 3 is 2.65 bits per heavy atom. The average molecular weight is 318 g/mol. The number of hydrogen-bond donors (Lipinski definition) is 3. The maximum atomic E-state index is 10.8. The minimum Gasteiger partial charge on any atom is -0.507 e. The van der Waals surface area contributed by atoms with Gasteiger partial charge in [-0.2, -0.15) is 0 Å².